The summed E-state index contributed by atoms with van der Waals surface area (Å²) in [5, 5.41) is 1.20. The van der Waals surface area contributed by atoms with Gasteiger partial charge in [-0.15, -0.1) is 0 Å². The van der Waals surface area contributed by atoms with E-state index in [4.69, 9.17) is 9.72 Å². The van der Waals surface area contributed by atoms with Gasteiger partial charge < -0.3 is 9.64 Å². The van der Waals surface area contributed by atoms with Gasteiger partial charge in [0.25, 0.3) is 0 Å². The number of fused-ring (bicyclic) bond motifs is 1. The molecule has 124 valence electrons. The van der Waals surface area contributed by atoms with Crippen LogP contribution in [0, 0.1) is 13.8 Å². The van der Waals surface area contributed by atoms with Crippen molar-refractivity contribution in [2.45, 2.75) is 32.7 Å². The maximum absolute atomic E-state index is 5.50. The van der Waals surface area contributed by atoms with Crippen LogP contribution >= 0.6 is 11.3 Å². The molecule has 0 amide bonds. The number of hydrogen-bond acceptors (Lipinski definition) is 5. The van der Waals surface area contributed by atoms with Crippen LogP contribution in [-0.4, -0.2) is 55.3 Å². The molecule has 2 aliphatic heterocycles. The van der Waals surface area contributed by atoms with E-state index >= 15 is 0 Å². The Labute approximate surface area is 142 Å². The Morgan fingerprint density at radius 3 is 2.83 bits per heavy atom. The maximum atomic E-state index is 5.50. The average Bonchev–Trinajstić information content (AvgIpc) is 3.00. The minimum absolute atomic E-state index is 0.655. The summed E-state index contributed by atoms with van der Waals surface area (Å²) in [6.45, 7) is 10.5. The van der Waals surface area contributed by atoms with E-state index in [1.165, 1.54) is 39.3 Å². The predicted octanol–water partition coefficient (Wildman–Crippen LogP) is 3.21. The minimum Gasteiger partial charge on any atom is -0.379 e. The molecule has 2 aromatic rings. The first-order valence-electron chi connectivity index (χ1n) is 8.65. The Morgan fingerprint density at radius 2 is 2.00 bits per heavy atom. The normalized spacial score (nSPS) is 23.6. The first-order valence-corrected chi connectivity index (χ1v) is 9.47. The van der Waals surface area contributed by atoms with E-state index in [0.29, 0.717) is 6.04 Å². The standard InChI is InChI=1S/C18H25N3OS/c1-13-10-14(2)17-16(11-13)23-18(19-17)21-5-3-4-15(12-21)20-6-8-22-9-7-20/h10-11,15H,3-9,12H2,1-2H3. The van der Waals surface area contributed by atoms with Gasteiger partial charge in [-0.2, -0.15) is 0 Å². The topological polar surface area (TPSA) is 28.6 Å². The van der Waals surface area contributed by atoms with E-state index in [2.05, 4.69) is 35.8 Å². The van der Waals surface area contributed by atoms with Crippen molar-refractivity contribution in [3.05, 3.63) is 23.3 Å². The first kappa shape index (κ1) is 15.4. The van der Waals surface area contributed by atoms with Crippen LogP contribution < -0.4 is 4.90 Å². The van der Waals surface area contributed by atoms with Crippen molar-refractivity contribution >= 4 is 26.7 Å². The zero-order valence-electron chi connectivity index (χ0n) is 14.0. The smallest absolute Gasteiger partial charge is 0.186 e. The molecule has 1 aromatic heterocycles. The van der Waals surface area contributed by atoms with Gasteiger partial charge in [-0.25, -0.2) is 4.98 Å². The van der Waals surface area contributed by atoms with E-state index in [-0.39, 0.29) is 0 Å². The van der Waals surface area contributed by atoms with Crippen LogP contribution in [0.5, 0.6) is 0 Å². The number of ether oxygens (including phenoxy) is 1. The number of thiazole rings is 1. The predicted molar refractivity (Wildman–Crippen MR) is 96.7 cm³/mol. The van der Waals surface area contributed by atoms with E-state index in [1.807, 2.05) is 11.3 Å². The van der Waals surface area contributed by atoms with Gasteiger partial charge in [-0.1, -0.05) is 17.4 Å². The summed E-state index contributed by atoms with van der Waals surface area (Å²) in [5.74, 6) is 0. The number of rotatable bonds is 2. The highest BCUT2D eigenvalue weighted by Gasteiger charge is 2.28. The molecule has 0 bridgehead atoms. The average molecular weight is 331 g/mol. The highest BCUT2D eigenvalue weighted by atomic mass is 32.1. The van der Waals surface area contributed by atoms with Gasteiger partial charge >= 0.3 is 0 Å². The second-order valence-corrected chi connectivity index (χ2v) is 7.82. The molecule has 4 rings (SSSR count). The van der Waals surface area contributed by atoms with E-state index in [0.717, 1.165) is 39.4 Å². The lowest BCUT2D eigenvalue weighted by atomic mass is 10.0. The fourth-order valence-corrected chi connectivity index (χ4v) is 5.04. The van der Waals surface area contributed by atoms with Crippen molar-refractivity contribution in [2.75, 3.05) is 44.3 Å². The van der Waals surface area contributed by atoms with Crippen molar-refractivity contribution in [3.63, 3.8) is 0 Å². The van der Waals surface area contributed by atoms with Crippen LogP contribution in [-0.2, 0) is 4.74 Å². The van der Waals surface area contributed by atoms with Crippen molar-refractivity contribution in [1.82, 2.24) is 9.88 Å². The van der Waals surface area contributed by atoms with Gasteiger partial charge in [0.1, 0.15) is 0 Å². The molecule has 2 fully saturated rings. The molecule has 0 aliphatic carbocycles. The number of nitrogens with zero attached hydrogens (tertiary/aromatic N) is 3. The molecule has 0 spiro atoms. The monoisotopic (exact) mass is 331 g/mol. The fourth-order valence-electron chi connectivity index (χ4n) is 3.86. The number of piperidine rings is 1. The highest BCUT2D eigenvalue weighted by molar-refractivity contribution is 7.22. The summed E-state index contributed by atoms with van der Waals surface area (Å²) in [7, 11) is 0. The van der Waals surface area contributed by atoms with Crippen LogP contribution in [0.15, 0.2) is 12.1 Å². The summed E-state index contributed by atoms with van der Waals surface area (Å²) in [6, 6.07) is 5.16. The molecule has 0 saturated carbocycles. The Morgan fingerprint density at radius 1 is 1.17 bits per heavy atom. The summed E-state index contributed by atoms with van der Waals surface area (Å²) >= 11 is 1.85. The molecule has 0 radical (unpaired) electrons. The lowest BCUT2D eigenvalue weighted by Gasteiger charge is -2.40. The molecule has 23 heavy (non-hydrogen) atoms. The largest absolute Gasteiger partial charge is 0.379 e. The second-order valence-electron chi connectivity index (χ2n) is 6.82. The third-order valence-electron chi connectivity index (χ3n) is 5.05. The van der Waals surface area contributed by atoms with Crippen molar-refractivity contribution in [2.24, 2.45) is 0 Å². The number of anilines is 1. The first-order chi connectivity index (χ1) is 11.2. The number of morpholine rings is 1. The minimum atomic E-state index is 0.655. The molecule has 5 heteroatoms. The molecule has 1 unspecified atom stereocenters. The molecule has 0 N–H and O–H groups in total. The Bertz CT molecular complexity index is 693. The van der Waals surface area contributed by atoms with E-state index < -0.39 is 0 Å². The fraction of sp³-hybridized carbons (Fsp3) is 0.611. The van der Waals surface area contributed by atoms with Crippen LogP contribution in [0.3, 0.4) is 0 Å². The van der Waals surface area contributed by atoms with Crippen LogP contribution in [0.2, 0.25) is 0 Å². The molecular formula is C18H25N3OS. The molecule has 1 aromatic carbocycles. The SMILES string of the molecule is Cc1cc(C)c2nc(N3CCCC(N4CCOCC4)C3)sc2c1. The summed E-state index contributed by atoms with van der Waals surface area (Å²) < 4.78 is 6.83. The lowest BCUT2D eigenvalue weighted by Crippen LogP contribution is -2.51. The molecule has 2 aliphatic rings. The maximum Gasteiger partial charge on any atom is 0.186 e. The van der Waals surface area contributed by atoms with Crippen molar-refractivity contribution < 1.29 is 4.74 Å². The van der Waals surface area contributed by atoms with Crippen molar-refractivity contribution in [3.8, 4) is 0 Å². The van der Waals surface area contributed by atoms with Gasteiger partial charge in [0.05, 0.1) is 23.4 Å². The van der Waals surface area contributed by atoms with Gasteiger partial charge in [0.15, 0.2) is 5.13 Å². The summed E-state index contributed by atoms with van der Waals surface area (Å²) in [5.41, 5.74) is 3.81. The number of aromatic nitrogens is 1. The molecule has 1 atom stereocenters. The van der Waals surface area contributed by atoms with Crippen LogP contribution in [0.25, 0.3) is 10.2 Å². The van der Waals surface area contributed by atoms with E-state index in [9.17, 15) is 0 Å². The zero-order chi connectivity index (χ0) is 15.8. The Balaban J connectivity index is 1.56. The Hall–Kier alpha value is -1.17. The molecular weight excluding hydrogens is 306 g/mol. The number of aryl methyl sites for hydroxylation is 2. The lowest BCUT2D eigenvalue weighted by molar-refractivity contribution is 0.0137. The second kappa shape index (κ2) is 6.38. The highest BCUT2D eigenvalue weighted by Crippen LogP contribution is 2.33. The van der Waals surface area contributed by atoms with Crippen molar-refractivity contribution in [1.29, 1.82) is 0 Å². The summed E-state index contributed by atoms with van der Waals surface area (Å²) in [4.78, 5) is 10.1. The molecule has 3 heterocycles. The van der Waals surface area contributed by atoms with Gasteiger partial charge in [0, 0.05) is 32.2 Å². The third-order valence-corrected chi connectivity index (χ3v) is 6.11. The Kier molecular flexibility index (Phi) is 4.26. The summed E-state index contributed by atoms with van der Waals surface area (Å²) in [6.07, 6.45) is 2.56. The number of hydrogen-bond donors (Lipinski definition) is 0. The van der Waals surface area contributed by atoms with E-state index in [1.54, 1.807) is 0 Å². The zero-order valence-corrected chi connectivity index (χ0v) is 14.9. The quantitative estimate of drug-likeness (QED) is 0.845. The number of benzene rings is 1. The molecule has 4 nitrogen and oxygen atoms in total. The van der Waals surface area contributed by atoms with Gasteiger partial charge in [-0.3, -0.25) is 4.90 Å². The van der Waals surface area contributed by atoms with Gasteiger partial charge in [-0.05, 0) is 43.9 Å². The third kappa shape index (κ3) is 3.10. The van der Waals surface area contributed by atoms with Gasteiger partial charge in [0.2, 0.25) is 0 Å². The van der Waals surface area contributed by atoms with Crippen LogP contribution in [0.1, 0.15) is 24.0 Å². The molecule has 2 saturated heterocycles. The van der Waals surface area contributed by atoms with Crippen LogP contribution in [0.4, 0.5) is 5.13 Å².